The second kappa shape index (κ2) is 7.61. The van der Waals surface area contributed by atoms with Gasteiger partial charge in [-0.25, -0.2) is 0 Å². The monoisotopic (exact) mass is 334 g/mol. The molecule has 25 heavy (non-hydrogen) atoms. The fraction of sp³-hybridized carbons (Fsp3) is 0.478. The van der Waals surface area contributed by atoms with Crippen LogP contribution < -0.4 is 5.32 Å². The van der Waals surface area contributed by atoms with Crippen LogP contribution in [0.4, 0.5) is 5.69 Å². The van der Waals surface area contributed by atoms with Crippen LogP contribution in [0.2, 0.25) is 0 Å². The normalized spacial score (nSPS) is 21.8. The van der Waals surface area contributed by atoms with Crippen LogP contribution in [0.3, 0.4) is 0 Å². The summed E-state index contributed by atoms with van der Waals surface area (Å²) in [4.78, 5) is 2.81. The molecule has 0 bridgehead atoms. The summed E-state index contributed by atoms with van der Waals surface area (Å²) in [5.41, 5.74) is 3.09. The highest BCUT2D eigenvalue weighted by Gasteiger charge is 2.40. The van der Waals surface area contributed by atoms with Gasteiger partial charge < -0.3 is 5.32 Å². The van der Waals surface area contributed by atoms with E-state index in [9.17, 15) is 0 Å². The van der Waals surface area contributed by atoms with Crippen LogP contribution in [-0.4, -0.2) is 24.0 Å². The molecule has 2 aromatic carbocycles. The zero-order chi connectivity index (χ0) is 17.0. The molecular weight excluding hydrogens is 304 g/mol. The summed E-state index contributed by atoms with van der Waals surface area (Å²) in [6, 6.07) is 22.6. The van der Waals surface area contributed by atoms with Crippen LogP contribution in [0, 0.1) is 0 Å². The second-order valence-electron chi connectivity index (χ2n) is 7.73. The first-order valence-corrected chi connectivity index (χ1v) is 9.99. The van der Waals surface area contributed by atoms with Crippen molar-refractivity contribution in [2.75, 3.05) is 18.4 Å². The number of piperidine rings is 1. The van der Waals surface area contributed by atoms with Gasteiger partial charge in [0, 0.05) is 30.4 Å². The molecule has 0 radical (unpaired) electrons. The molecule has 0 unspecified atom stereocenters. The SMILES string of the molecule is c1ccc(NC2CCN(C3(c4ccccc4)CCCCC3)CC2)cc1. The van der Waals surface area contributed by atoms with E-state index >= 15 is 0 Å². The van der Waals surface area contributed by atoms with Crippen molar-refractivity contribution in [3.05, 3.63) is 66.2 Å². The van der Waals surface area contributed by atoms with Gasteiger partial charge in [0.05, 0.1) is 0 Å². The van der Waals surface area contributed by atoms with Gasteiger partial charge in [-0.05, 0) is 43.4 Å². The molecule has 2 aliphatic rings. The lowest BCUT2D eigenvalue weighted by Crippen LogP contribution is -2.52. The lowest BCUT2D eigenvalue weighted by atomic mass is 9.74. The Balaban J connectivity index is 1.46. The molecule has 4 rings (SSSR count). The van der Waals surface area contributed by atoms with Gasteiger partial charge in [0.1, 0.15) is 0 Å². The Hall–Kier alpha value is -1.80. The number of para-hydroxylation sites is 1. The first-order chi connectivity index (χ1) is 12.4. The van der Waals surface area contributed by atoms with Crippen molar-refractivity contribution in [3.8, 4) is 0 Å². The van der Waals surface area contributed by atoms with Gasteiger partial charge in [-0.15, -0.1) is 0 Å². The summed E-state index contributed by atoms with van der Waals surface area (Å²) < 4.78 is 0. The van der Waals surface area contributed by atoms with Crippen LogP contribution >= 0.6 is 0 Å². The molecule has 1 aliphatic carbocycles. The molecule has 132 valence electrons. The molecule has 0 amide bonds. The fourth-order valence-corrected chi connectivity index (χ4v) is 4.89. The number of hydrogen-bond donors (Lipinski definition) is 1. The van der Waals surface area contributed by atoms with E-state index in [1.165, 1.54) is 63.7 Å². The predicted molar refractivity (Wildman–Crippen MR) is 106 cm³/mol. The number of nitrogens with zero attached hydrogens (tertiary/aromatic N) is 1. The van der Waals surface area contributed by atoms with Crippen molar-refractivity contribution in [3.63, 3.8) is 0 Å². The van der Waals surface area contributed by atoms with Crippen LogP contribution in [0.1, 0.15) is 50.5 Å². The average Bonchev–Trinajstić information content (AvgIpc) is 2.70. The second-order valence-corrected chi connectivity index (χ2v) is 7.73. The summed E-state index contributed by atoms with van der Waals surface area (Å²) >= 11 is 0. The lowest BCUT2D eigenvalue weighted by Gasteiger charge is -2.50. The Bertz CT molecular complexity index is 638. The third kappa shape index (κ3) is 3.59. The largest absolute Gasteiger partial charge is 0.382 e. The van der Waals surface area contributed by atoms with Crippen LogP contribution in [0.25, 0.3) is 0 Å². The van der Waals surface area contributed by atoms with E-state index in [1.54, 1.807) is 5.56 Å². The first-order valence-electron chi connectivity index (χ1n) is 9.99. The smallest absolute Gasteiger partial charge is 0.0460 e. The molecule has 0 spiro atoms. The minimum absolute atomic E-state index is 0.289. The zero-order valence-corrected chi connectivity index (χ0v) is 15.2. The Morgan fingerprint density at radius 3 is 2.00 bits per heavy atom. The van der Waals surface area contributed by atoms with E-state index in [-0.39, 0.29) is 5.54 Å². The Kier molecular flexibility index (Phi) is 5.07. The van der Waals surface area contributed by atoms with Crippen molar-refractivity contribution in [2.24, 2.45) is 0 Å². The van der Waals surface area contributed by atoms with Crippen LogP contribution in [0.5, 0.6) is 0 Å². The van der Waals surface area contributed by atoms with Gasteiger partial charge >= 0.3 is 0 Å². The van der Waals surface area contributed by atoms with E-state index in [0.29, 0.717) is 6.04 Å². The number of anilines is 1. The average molecular weight is 335 g/mol. The van der Waals surface area contributed by atoms with Crippen molar-refractivity contribution < 1.29 is 0 Å². The lowest BCUT2D eigenvalue weighted by molar-refractivity contribution is 0.0277. The molecule has 1 aliphatic heterocycles. The summed E-state index contributed by atoms with van der Waals surface area (Å²) in [7, 11) is 0. The van der Waals surface area contributed by atoms with Gasteiger partial charge in [0.2, 0.25) is 0 Å². The topological polar surface area (TPSA) is 15.3 Å². The van der Waals surface area contributed by atoms with Gasteiger partial charge in [-0.3, -0.25) is 4.90 Å². The van der Waals surface area contributed by atoms with E-state index in [4.69, 9.17) is 0 Å². The third-order valence-electron chi connectivity index (χ3n) is 6.24. The van der Waals surface area contributed by atoms with Crippen LogP contribution in [0.15, 0.2) is 60.7 Å². The molecule has 1 saturated carbocycles. The number of nitrogens with one attached hydrogen (secondary N) is 1. The molecule has 2 fully saturated rings. The molecule has 2 aromatic rings. The maximum atomic E-state index is 3.73. The molecule has 1 saturated heterocycles. The summed E-state index contributed by atoms with van der Waals surface area (Å²) in [6.45, 7) is 2.42. The molecular formula is C23H30N2. The molecule has 0 aromatic heterocycles. The van der Waals surface area contributed by atoms with E-state index in [1.807, 2.05) is 0 Å². The highest BCUT2D eigenvalue weighted by atomic mass is 15.2. The predicted octanol–water partition coefficient (Wildman–Crippen LogP) is 5.42. The summed E-state index contributed by atoms with van der Waals surface area (Å²) in [5, 5.41) is 3.73. The molecule has 1 heterocycles. The molecule has 2 heteroatoms. The fourth-order valence-electron chi connectivity index (χ4n) is 4.89. The van der Waals surface area contributed by atoms with Gasteiger partial charge in [0.25, 0.3) is 0 Å². The summed E-state index contributed by atoms with van der Waals surface area (Å²) in [5.74, 6) is 0. The van der Waals surface area contributed by atoms with Gasteiger partial charge in [-0.1, -0.05) is 67.8 Å². The number of rotatable bonds is 4. The quantitative estimate of drug-likeness (QED) is 0.803. The molecule has 2 nitrogen and oxygen atoms in total. The van der Waals surface area contributed by atoms with E-state index in [2.05, 4.69) is 70.9 Å². The van der Waals surface area contributed by atoms with Crippen molar-refractivity contribution >= 4 is 5.69 Å². The van der Waals surface area contributed by atoms with Crippen molar-refractivity contribution in [1.82, 2.24) is 4.90 Å². The zero-order valence-electron chi connectivity index (χ0n) is 15.2. The number of benzene rings is 2. The summed E-state index contributed by atoms with van der Waals surface area (Å²) in [6.07, 6.45) is 9.28. The van der Waals surface area contributed by atoms with Crippen LogP contribution in [-0.2, 0) is 5.54 Å². The van der Waals surface area contributed by atoms with E-state index < -0.39 is 0 Å². The number of likely N-dealkylation sites (tertiary alicyclic amines) is 1. The highest BCUT2D eigenvalue weighted by molar-refractivity contribution is 5.43. The molecule has 0 atom stereocenters. The highest BCUT2D eigenvalue weighted by Crippen LogP contribution is 2.43. The van der Waals surface area contributed by atoms with Gasteiger partial charge in [0.15, 0.2) is 0 Å². The van der Waals surface area contributed by atoms with E-state index in [0.717, 1.165) is 0 Å². The Morgan fingerprint density at radius 1 is 0.760 bits per heavy atom. The van der Waals surface area contributed by atoms with Crippen molar-refractivity contribution in [1.29, 1.82) is 0 Å². The minimum atomic E-state index is 0.289. The van der Waals surface area contributed by atoms with Gasteiger partial charge in [-0.2, -0.15) is 0 Å². The maximum absolute atomic E-state index is 3.73. The third-order valence-corrected chi connectivity index (χ3v) is 6.24. The Labute approximate surface area is 152 Å². The minimum Gasteiger partial charge on any atom is -0.382 e. The maximum Gasteiger partial charge on any atom is 0.0460 e. The standard InChI is InChI=1S/C23H30N2/c1-4-10-20(11-5-1)23(16-8-3-9-17-23)25-18-14-22(15-19-25)24-21-12-6-2-7-13-21/h1-2,4-7,10-13,22,24H,3,8-9,14-19H2. The Morgan fingerprint density at radius 2 is 1.36 bits per heavy atom. The molecule has 1 N–H and O–H groups in total. The first kappa shape index (κ1) is 16.7. The van der Waals surface area contributed by atoms with Crippen molar-refractivity contribution in [2.45, 2.75) is 56.5 Å². The number of hydrogen-bond acceptors (Lipinski definition) is 2.